The first-order valence-corrected chi connectivity index (χ1v) is 6.86. The van der Waals surface area contributed by atoms with Gasteiger partial charge in [0.05, 0.1) is 0 Å². The summed E-state index contributed by atoms with van der Waals surface area (Å²) in [6, 6.07) is 7.72. The highest BCUT2D eigenvalue weighted by Gasteiger charge is 2.23. The van der Waals surface area contributed by atoms with Crippen molar-refractivity contribution in [2.45, 2.75) is 26.2 Å². The molecule has 0 bridgehead atoms. The zero-order valence-corrected chi connectivity index (χ0v) is 11.9. The van der Waals surface area contributed by atoms with Crippen LogP contribution in [0.5, 0.6) is 0 Å². The molecule has 0 aliphatic rings. The number of hydrogen-bond donors (Lipinski definition) is 1. The molecule has 0 saturated carbocycles. The Labute approximate surface area is 115 Å². The molecule has 0 aliphatic heterocycles. The molecule has 2 heterocycles. The largest absolute Gasteiger partial charge is 0.398 e. The van der Waals surface area contributed by atoms with Crippen molar-refractivity contribution in [1.82, 2.24) is 19.8 Å². The van der Waals surface area contributed by atoms with E-state index < -0.39 is 0 Å². The third-order valence-electron chi connectivity index (χ3n) is 2.85. The van der Waals surface area contributed by atoms with Crippen LogP contribution in [0.15, 0.2) is 24.3 Å². The van der Waals surface area contributed by atoms with Gasteiger partial charge < -0.3 is 5.73 Å². The van der Waals surface area contributed by atoms with E-state index in [1.165, 1.54) is 11.3 Å². The number of aromatic nitrogens is 4. The van der Waals surface area contributed by atoms with Gasteiger partial charge in [0.1, 0.15) is 5.01 Å². The summed E-state index contributed by atoms with van der Waals surface area (Å²) in [4.78, 5) is 0.795. The molecule has 0 spiro atoms. The van der Waals surface area contributed by atoms with E-state index in [4.69, 9.17) is 5.73 Å². The average molecular weight is 273 g/mol. The zero-order chi connectivity index (χ0) is 13.6. The number of fused-ring (bicyclic) bond motifs is 1. The number of nitrogens with zero attached hydrogens (tertiary/aromatic N) is 4. The van der Waals surface area contributed by atoms with Crippen LogP contribution in [0, 0.1) is 0 Å². The number of hydrogen-bond acceptors (Lipinski definition) is 5. The lowest BCUT2D eigenvalue weighted by Gasteiger charge is -2.13. The Balaban J connectivity index is 2.18. The maximum Gasteiger partial charge on any atom is 0.235 e. The summed E-state index contributed by atoms with van der Waals surface area (Å²) in [7, 11) is 0. The van der Waals surface area contributed by atoms with Gasteiger partial charge in [-0.1, -0.05) is 44.2 Å². The Hall–Kier alpha value is -1.95. The fourth-order valence-electron chi connectivity index (χ4n) is 1.89. The van der Waals surface area contributed by atoms with Crippen molar-refractivity contribution < 1.29 is 0 Å². The molecule has 0 amide bonds. The minimum atomic E-state index is -0.0903. The molecule has 0 unspecified atom stereocenters. The third-order valence-corrected chi connectivity index (χ3v) is 3.78. The molecule has 5 nitrogen and oxygen atoms in total. The first-order valence-electron chi connectivity index (χ1n) is 6.04. The van der Waals surface area contributed by atoms with E-state index in [2.05, 4.69) is 36.1 Å². The van der Waals surface area contributed by atoms with Gasteiger partial charge in [-0.3, -0.25) is 0 Å². The standard InChI is InChI=1S/C13H15N5S/c1-13(2,3)11-15-16-12-18(11)17-10(19-12)8-6-4-5-7-9(8)14/h4-7H,14H2,1-3H3. The van der Waals surface area contributed by atoms with E-state index in [0.717, 1.165) is 27.0 Å². The van der Waals surface area contributed by atoms with Crippen molar-refractivity contribution in [3.63, 3.8) is 0 Å². The van der Waals surface area contributed by atoms with Crippen LogP contribution < -0.4 is 5.73 Å². The Morgan fingerprint density at radius 3 is 2.58 bits per heavy atom. The predicted molar refractivity (Wildman–Crippen MR) is 77.2 cm³/mol. The molecule has 0 fully saturated rings. The van der Waals surface area contributed by atoms with Gasteiger partial charge in [0.25, 0.3) is 0 Å². The van der Waals surface area contributed by atoms with Crippen molar-refractivity contribution >= 4 is 22.0 Å². The maximum atomic E-state index is 5.99. The highest BCUT2D eigenvalue weighted by Crippen LogP contribution is 2.31. The molecule has 1 aromatic carbocycles. The van der Waals surface area contributed by atoms with Crippen molar-refractivity contribution in [1.29, 1.82) is 0 Å². The molecule has 2 N–H and O–H groups in total. The van der Waals surface area contributed by atoms with Gasteiger partial charge in [0, 0.05) is 16.7 Å². The number of benzene rings is 1. The maximum absolute atomic E-state index is 5.99. The number of nitrogen functional groups attached to an aromatic ring is 1. The van der Waals surface area contributed by atoms with E-state index in [9.17, 15) is 0 Å². The van der Waals surface area contributed by atoms with E-state index in [-0.39, 0.29) is 5.41 Å². The molecule has 3 aromatic rings. The van der Waals surface area contributed by atoms with Gasteiger partial charge in [-0.25, -0.2) is 0 Å². The van der Waals surface area contributed by atoms with Crippen molar-refractivity contribution in [2.24, 2.45) is 0 Å². The molecular weight excluding hydrogens is 258 g/mol. The summed E-state index contributed by atoms with van der Waals surface area (Å²) in [5.74, 6) is 0.861. The molecule has 0 aliphatic carbocycles. The summed E-state index contributed by atoms with van der Waals surface area (Å²) in [6.07, 6.45) is 0. The van der Waals surface area contributed by atoms with Crippen molar-refractivity contribution in [3.05, 3.63) is 30.1 Å². The van der Waals surface area contributed by atoms with E-state index >= 15 is 0 Å². The number of anilines is 1. The molecule has 0 atom stereocenters. The second-order valence-electron chi connectivity index (χ2n) is 5.46. The third kappa shape index (κ3) is 1.98. The molecule has 0 radical (unpaired) electrons. The Bertz CT molecular complexity index is 735. The normalized spacial score (nSPS) is 12.2. The van der Waals surface area contributed by atoms with Crippen LogP contribution in [0.4, 0.5) is 5.69 Å². The van der Waals surface area contributed by atoms with Crippen molar-refractivity contribution in [3.8, 4) is 10.6 Å². The first-order chi connectivity index (χ1) is 8.97. The SMILES string of the molecule is CC(C)(C)c1nnc2sc(-c3ccccc3N)nn12. The van der Waals surface area contributed by atoms with Crippen molar-refractivity contribution in [2.75, 3.05) is 5.73 Å². The fraction of sp³-hybridized carbons (Fsp3) is 0.308. The highest BCUT2D eigenvalue weighted by atomic mass is 32.1. The molecule has 6 heteroatoms. The summed E-state index contributed by atoms with van der Waals surface area (Å²) >= 11 is 1.50. The monoisotopic (exact) mass is 273 g/mol. The molecule has 0 saturated heterocycles. The lowest BCUT2D eigenvalue weighted by molar-refractivity contribution is 0.528. The van der Waals surface area contributed by atoms with E-state index in [1.54, 1.807) is 0 Å². The lowest BCUT2D eigenvalue weighted by atomic mass is 9.96. The van der Waals surface area contributed by atoms with Gasteiger partial charge in [-0.15, -0.1) is 10.2 Å². The summed E-state index contributed by atoms with van der Waals surface area (Å²) in [6.45, 7) is 6.29. The summed E-state index contributed by atoms with van der Waals surface area (Å²) in [5.41, 5.74) is 7.57. The second kappa shape index (κ2) is 4.03. The number of nitrogens with two attached hydrogens (primary N) is 1. The number of para-hydroxylation sites is 1. The zero-order valence-electron chi connectivity index (χ0n) is 11.1. The minimum Gasteiger partial charge on any atom is -0.398 e. The van der Waals surface area contributed by atoms with Crippen LogP contribution in [-0.2, 0) is 5.41 Å². The van der Waals surface area contributed by atoms with Crippen LogP contribution in [0.3, 0.4) is 0 Å². The number of rotatable bonds is 1. The van der Waals surface area contributed by atoms with Crippen LogP contribution in [-0.4, -0.2) is 19.8 Å². The predicted octanol–water partition coefficient (Wildman–Crippen LogP) is 2.73. The highest BCUT2D eigenvalue weighted by molar-refractivity contribution is 7.19. The van der Waals surface area contributed by atoms with Crippen LogP contribution >= 0.6 is 11.3 Å². The average Bonchev–Trinajstić information content (AvgIpc) is 2.86. The van der Waals surface area contributed by atoms with E-state index in [1.807, 2.05) is 28.8 Å². The fourth-order valence-corrected chi connectivity index (χ4v) is 2.77. The van der Waals surface area contributed by atoms with Gasteiger partial charge in [0.2, 0.25) is 4.96 Å². The quantitative estimate of drug-likeness (QED) is 0.692. The Morgan fingerprint density at radius 2 is 1.89 bits per heavy atom. The lowest BCUT2D eigenvalue weighted by Crippen LogP contribution is -2.16. The summed E-state index contributed by atoms with van der Waals surface area (Å²) < 4.78 is 1.81. The first kappa shape index (κ1) is 12.1. The minimum absolute atomic E-state index is 0.0903. The van der Waals surface area contributed by atoms with Gasteiger partial charge in [-0.05, 0) is 12.1 Å². The second-order valence-corrected chi connectivity index (χ2v) is 6.42. The molecule has 19 heavy (non-hydrogen) atoms. The Kier molecular flexibility index (Phi) is 2.56. The van der Waals surface area contributed by atoms with Gasteiger partial charge in [0.15, 0.2) is 5.82 Å². The topological polar surface area (TPSA) is 69.1 Å². The molecule has 3 rings (SSSR count). The van der Waals surface area contributed by atoms with Crippen LogP contribution in [0.2, 0.25) is 0 Å². The van der Waals surface area contributed by atoms with Crippen LogP contribution in [0.1, 0.15) is 26.6 Å². The van der Waals surface area contributed by atoms with Gasteiger partial charge >= 0.3 is 0 Å². The van der Waals surface area contributed by atoms with Crippen LogP contribution in [0.25, 0.3) is 15.5 Å². The molecular formula is C13H15N5S. The van der Waals surface area contributed by atoms with Gasteiger partial charge in [-0.2, -0.15) is 9.61 Å². The molecule has 2 aromatic heterocycles. The molecule has 98 valence electrons. The Morgan fingerprint density at radius 1 is 1.16 bits per heavy atom. The summed E-state index contributed by atoms with van der Waals surface area (Å²) in [5, 5.41) is 13.9. The van der Waals surface area contributed by atoms with E-state index in [0.29, 0.717) is 0 Å². The smallest absolute Gasteiger partial charge is 0.235 e.